The van der Waals surface area contributed by atoms with Crippen molar-refractivity contribution in [3.63, 3.8) is 0 Å². The molecular formula is C9H3BrClF2NO. The van der Waals surface area contributed by atoms with Crippen molar-refractivity contribution >= 4 is 27.5 Å². The lowest BCUT2D eigenvalue weighted by atomic mass is 10.1. The van der Waals surface area contributed by atoms with Gasteiger partial charge in [0.15, 0.2) is 11.6 Å². The Balaban J connectivity index is 2.64. The molecule has 0 aliphatic carbocycles. The van der Waals surface area contributed by atoms with Crippen LogP contribution in [-0.4, -0.2) is 5.16 Å². The molecule has 6 heteroatoms. The van der Waals surface area contributed by atoms with Crippen LogP contribution in [0.5, 0.6) is 0 Å². The van der Waals surface area contributed by atoms with Crippen molar-refractivity contribution < 1.29 is 13.3 Å². The fraction of sp³-hybridized carbons (Fsp3) is 0. The molecule has 0 radical (unpaired) electrons. The van der Waals surface area contributed by atoms with E-state index in [4.69, 9.17) is 11.6 Å². The summed E-state index contributed by atoms with van der Waals surface area (Å²) in [6.07, 6.45) is 0. The Morgan fingerprint density at radius 3 is 2.67 bits per heavy atom. The van der Waals surface area contributed by atoms with Crippen LogP contribution >= 0.6 is 27.5 Å². The van der Waals surface area contributed by atoms with Gasteiger partial charge in [-0.25, -0.2) is 8.78 Å². The van der Waals surface area contributed by atoms with Gasteiger partial charge in [-0.1, -0.05) is 11.2 Å². The molecule has 0 bridgehead atoms. The van der Waals surface area contributed by atoms with Crippen LogP contribution in [-0.2, 0) is 0 Å². The minimum absolute atomic E-state index is 0.00229. The van der Waals surface area contributed by atoms with Gasteiger partial charge in [0.25, 0.3) is 0 Å². The molecule has 0 atom stereocenters. The van der Waals surface area contributed by atoms with Gasteiger partial charge in [0.05, 0.1) is 0 Å². The fourth-order valence-electron chi connectivity index (χ4n) is 1.11. The van der Waals surface area contributed by atoms with Gasteiger partial charge in [-0.2, -0.15) is 0 Å². The van der Waals surface area contributed by atoms with Crippen molar-refractivity contribution in [2.75, 3.05) is 0 Å². The number of hydrogen-bond donors (Lipinski definition) is 0. The predicted octanol–water partition coefficient (Wildman–Crippen LogP) is 4.04. The van der Waals surface area contributed by atoms with Crippen molar-refractivity contribution in [3.05, 3.63) is 39.5 Å². The van der Waals surface area contributed by atoms with Crippen LogP contribution in [0.3, 0.4) is 0 Å². The minimum Gasteiger partial charge on any atom is -0.343 e. The molecular weight excluding hydrogens is 291 g/mol. The third-order valence-electron chi connectivity index (χ3n) is 1.80. The number of halogens is 4. The Bertz CT molecular complexity index is 515. The first-order valence-corrected chi connectivity index (χ1v) is 5.03. The maximum atomic E-state index is 13.4. The third kappa shape index (κ3) is 1.77. The molecule has 0 unspecified atom stereocenters. The van der Waals surface area contributed by atoms with E-state index in [-0.39, 0.29) is 16.5 Å². The summed E-state index contributed by atoms with van der Waals surface area (Å²) in [6.45, 7) is 0. The third-order valence-corrected chi connectivity index (χ3v) is 3.03. The topological polar surface area (TPSA) is 26.0 Å². The molecule has 2 nitrogen and oxygen atoms in total. The summed E-state index contributed by atoms with van der Waals surface area (Å²) in [4.78, 5) is 0. The maximum Gasteiger partial charge on any atom is 0.240 e. The molecule has 0 N–H and O–H groups in total. The highest BCUT2D eigenvalue weighted by molar-refractivity contribution is 9.10. The Hall–Kier alpha value is -0.940. The molecule has 0 amide bonds. The quantitative estimate of drug-likeness (QED) is 0.793. The van der Waals surface area contributed by atoms with Crippen molar-refractivity contribution in [3.8, 4) is 11.3 Å². The van der Waals surface area contributed by atoms with Crippen molar-refractivity contribution in [1.29, 1.82) is 0 Å². The first kappa shape index (κ1) is 10.6. The second-order valence-corrected chi connectivity index (χ2v) is 3.86. The number of hydrogen-bond acceptors (Lipinski definition) is 2. The molecule has 78 valence electrons. The summed E-state index contributed by atoms with van der Waals surface area (Å²) in [5.74, 6) is -1.93. The van der Waals surface area contributed by atoms with Gasteiger partial charge in [0.2, 0.25) is 5.22 Å². The van der Waals surface area contributed by atoms with Crippen LogP contribution in [0.1, 0.15) is 0 Å². The van der Waals surface area contributed by atoms with Crippen LogP contribution in [0.15, 0.2) is 27.2 Å². The molecule has 2 rings (SSSR count). The van der Waals surface area contributed by atoms with Crippen molar-refractivity contribution in [1.82, 2.24) is 5.16 Å². The molecule has 0 saturated heterocycles. The number of nitrogens with zero attached hydrogens (tertiary/aromatic N) is 1. The summed E-state index contributed by atoms with van der Waals surface area (Å²) >= 11 is 8.65. The van der Waals surface area contributed by atoms with E-state index in [1.54, 1.807) is 0 Å². The largest absolute Gasteiger partial charge is 0.343 e. The second kappa shape index (κ2) is 3.90. The first-order chi connectivity index (χ1) is 7.11. The second-order valence-electron chi connectivity index (χ2n) is 2.72. The van der Waals surface area contributed by atoms with E-state index in [2.05, 4.69) is 25.6 Å². The van der Waals surface area contributed by atoms with E-state index in [0.717, 1.165) is 6.07 Å². The predicted molar refractivity (Wildman–Crippen MR) is 54.6 cm³/mol. The van der Waals surface area contributed by atoms with Gasteiger partial charge < -0.3 is 4.52 Å². The average molecular weight is 294 g/mol. The minimum atomic E-state index is -0.983. The fourth-order valence-corrected chi connectivity index (χ4v) is 1.60. The standard InChI is InChI=1S/C9H3BrClF2NO/c10-6-8(14-15-9(6)11)4-2-1-3-5(12)7(4)13/h1-3H. The van der Waals surface area contributed by atoms with Crippen LogP contribution < -0.4 is 0 Å². The molecule has 0 aliphatic rings. The summed E-state index contributed by atoms with van der Waals surface area (Å²) < 4.78 is 31.2. The van der Waals surface area contributed by atoms with Gasteiger partial charge in [-0.05, 0) is 39.7 Å². The van der Waals surface area contributed by atoms with Crippen LogP contribution in [0.25, 0.3) is 11.3 Å². The zero-order valence-electron chi connectivity index (χ0n) is 7.10. The Labute approximate surface area is 97.0 Å². The van der Waals surface area contributed by atoms with Crippen molar-refractivity contribution in [2.45, 2.75) is 0 Å². The lowest BCUT2D eigenvalue weighted by Gasteiger charge is -1.99. The number of rotatable bonds is 1. The zero-order chi connectivity index (χ0) is 11.0. The van der Waals surface area contributed by atoms with Crippen molar-refractivity contribution in [2.24, 2.45) is 0 Å². The van der Waals surface area contributed by atoms with E-state index >= 15 is 0 Å². The average Bonchev–Trinajstić information content (AvgIpc) is 2.53. The SMILES string of the molecule is Fc1cccc(-c2noc(Cl)c2Br)c1F. The van der Waals surface area contributed by atoms with E-state index in [1.165, 1.54) is 12.1 Å². The van der Waals surface area contributed by atoms with E-state index in [9.17, 15) is 8.78 Å². The van der Waals surface area contributed by atoms with Gasteiger partial charge in [-0.3, -0.25) is 0 Å². The van der Waals surface area contributed by atoms with Crippen LogP contribution in [0, 0.1) is 11.6 Å². The molecule has 2 aromatic rings. The monoisotopic (exact) mass is 293 g/mol. The highest BCUT2D eigenvalue weighted by Crippen LogP contribution is 2.34. The Morgan fingerprint density at radius 2 is 2.07 bits per heavy atom. The van der Waals surface area contributed by atoms with Gasteiger partial charge in [0, 0.05) is 5.56 Å². The van der Waals surface area contributed by atoms with Gasteiger partial charge in [-0.15, -0.1) is 0 Å². The molecule has 0 saturated carbocycles. The Kier molecular flexibility index (Phi) is 2.75. The Morgan fingerprint density at radius 1 is 1.33 bits per heavy atom. The molecule has 0 fully saturated rings. The molecule has 1 aromatic carbocycles. The molecule has 1 heterocycles. The summed E-state index contributed by atoms with van der Waals surface area (Å²) in [5, 5.41) is 3.52. The van der Waals surface area contributed by atoms with E-state index < -0.39 is 11.6 Å². The zero-order valence-corrected chi connectivity index (χ0v) is 9.44. The lowest BCUT2D eigenvalue weighted by molar-refractivity contribution is 0.422. The summed E-state index contributed by atoms with van der Waals surface area (Å²) in [6, 6.07) is 3.79. The lowest BCUT2D eigenvalue weighted by Crippen LogP contribution is -1.89. The summed E-state index contributed by atoms with van der Waals surface area (Å²) in [7, 11) is 0. The smallest absolute Gasteiger partial charge is 0.240 e. The number of aromatic nitrogens is 1. The maximum absolute atomic E-state index is 13.4. The van der Waals surface area contributed by atoms with Gasteiger partial charge in [0.1, 0.15) is 10.2 Å². The summed E-state index contributed by atoms with van der Waals surface area (Å²) in [5.41, 5.74) is 0.134. The molecule has 1 aromatic heterocycles. The van der Waals surface area contributed by atoms with Crippen LogP contribution in [0.2, 0.25) is 5.22 Å². The molecule has 0 spiro atoms. The molecule has 15 heavy (non-hydrogen) atoms. The van der Waals surface area contributed by atoms with E-state index in [0.29, 0.717) is 4.47 Å². The highest BCUT2D eigenvalue weighted by Gasteiger charge is 2.18. The number of benzene rings is 1. The van der Waals surface area contributed by atoms with Crippen LogP contribution in [0.4, 0.5) is 8.78 Å². The van der Waals surface area contributed by atoms with E-state index in [1.807, 2.05) is 0 Å². The normalized spacial score (nSPS) is 10.7. The highest BCUT2D eigenvalue weighted by atomic mass is 79.9. The van der Waals surface area contributed by atoms with Gasteiger partial charge >= 0.3 is 0 Å². The first-order valence-electron chi connectivity index (χ1n) is 3.86. The molecule has 0 aliphatic heterocycles.